The van der Waals surface area contributed by atoms with Crippen LogP contribution in [0.15, 0.2) is 42.5 Å². The number of likely N-dealkylation sites (tertiary alicyclic amines) is 1. The minimum Gasteiger partial charge on any atom is -0.338 e. The highest BCUT2D eigenvalue weighted by atomic mass is 35.5. The zero-order chi connectivity index (χ0) is 18.7. The molecule has 136 valence electrons. The Hall–Kier alpha value is -2.11. The normalized spacial score (nSPS) is 17.6. The average Bonchev–Trinajstić information content (AvgIpc) is 2.88. The molecule has 1 unspecified atom stereocenters. The molecule has 5 nitrogen and oxygen atoms in total. The number of nitro benzene ring substituents is 1. The van der Waals surface area contributed by atoms with Crippen LogP contribution in [0.2, 0.25) is 10.0 Å². The topological polar surface area (TPSA) is 63.4 Å². The maximum atomic E-state index is 12.9. The molecule has 1 aliphatic rings. The standard InChI is InChI=1S/C19H18Cl2N2O3/c20-16-7-4-13(5-8-16)15-3-1-2-10-22(12-15)19(24)14-6-9-17(21)18(11-14)23(25)26/h4-9,11,15H,1-3,10,12H2. The van der Waals surface area contributed by atoms with E-state index in [0.717, 1.165) is 24.8 Å². The fraction of sp³-hybridized carbons (Fsp3) is 0.316. The largest absolute Gasteiger partial charge is 0.338 e. The third-order valence-corrected chi connectivity index (χ3v) is 5.26. The van der Waals surface area contributed by atoms with E-state index in [2.05, 4.69) is 0 Å². The monoisotopic (exact) mass is 392 g/mol. The van der Waals surface area contributed by atoms with Gasteiger partial charge in [-0.3, -0.25) is 14.9 Å². The summed E-state index contributed by atoms with van der Waals surface area (Å²) in [5, 5.41) is 11.8. The van der Waals surface area contributed by atoms with Crippen LogP contribution in [0.5, 0.6) is 0 Å². The van der Waals surface area contributed by atoms with Gasteiger partial charge >= 0.3 is 0 Å². The number of carbonyl (C=O) groups excluding carboxylic acids is 1. The van der Waals surface area contributed by atoms with Gasteiger partial charge in [-0.15, -0.1) is 0 Å². The van der Waals surface area contributed by atoms with Crippen LogP contribution in [0.1, 0.15) is 41.1 Å². The molecule has 1 amide bonds. The Morgan fingerprint density at radius 1 is 1.12 bits per heavy atom. The van der Waals surface area contributed by atoms with E-state index in [9.17, 15) is 14.9 Å². The van der Waals surface area contributed by atoms with Crippen molar-refractivity contribution >= 4 is 34.8 Å². The summed E-state index contributed by atoms with van der Waals surface area (Å²) in [5.74, 6) is 0.0200. The smallest absolute Gasteiger partial charge is 0.288 e. The van der Waals surface area contributed by atoms with Crippen molar-refractivity contribution in [1.82, 2.24) is 4.90 Å². The first-order valence-corrected chi connectivity index (χ1v) is 9.20. The van der Waals surface area contributed by atoms with Crippen molar-refractivity contribution in [1.29, 1.82) is 0 Å². The molecule has 1 fully saturated rings. The molecule has 2 aromatic carbocycles. The van der Waals surface area contributed by atoms with Gasteiger partial charge in [-0.05, 0) is 42.7 Å². The molecule has 0 radical (unpaired) electrons. The second-order valence-corrected chi connectivity index (χ2v) is 7.26. The molecule has 0 aliphatic carbocycles. The van der Waals surface area contributed by atoms with Crippen LogP contribution in [0, 0.1) is 10.1 Å². The fourth-order valence-corrected chi connectivity index (χ4v) is 3.61. The van der Waals surface area contributed by atoms with E-state index in [0.29, 0.717) is 18.1 Å². The average molecular weight is 393 g/mol. The number of hydrogen-bond donors (Lipinski definition) is 0. The number of benzene rings is 2. The summed E-state index contributed by atoms with van der Waals surface area (Å²) >= 11 is 11.8. The van der Waals surface area contributed by atoms with Crippen molar-refractivity contribution in [2.75, 3.05) is 13.1 Å². The van der Waals surface area contributed by atoms with Crippen molar-refractivity contribution in [3.63, 3.8) is 0 Å². The highest BCUT2D eigenvalue weighted by Gasteiger charge is 2.25. The van der Waals surface area contributed by atoms with Gasteiger partial charge in [0.2, 0.25) is 0 Å². The van der Waals surface area contributed by atoms with Crippen molar-refractivity contribution in [2.45, 2.75) is 25.2 Å². The molecule has 0 spiro atoms. The van der Waals surface area contributed by atoms with E-state index in [4.69, 9.17) is 23.2 Å². The van der Waals surface area contributed by atoms with Gasteiger partial charge in [-0.25, -0.2) is 0 Å². The Morgan fingerprint density at radius 2 is 1.85 bits per heavy atom. The summed E-state index contributed by atoms with van der Waals surface area (Å²) in [6.45, 7) is 1.22. The van der Waals surface area contributed by atoms with Gasteiger partial charge in [-0.2, -0.15) is 0 Å². The van der Waals surface area contributed by atoms with Crippen LogP contribution in [0.4, 0.5) is 5.69 Å². The van der Waals surface area contributed by atoms with Crippen LogP contribution in [0.3, 0.4) is 0 Å². The minimum atomic E-state index is -0.571. The van der Waals surface area contributed by atoms with Crippen molar-refractivity contribution in [3.8, 4) is 0 Å². The lowest BCUT2D eigenvalue weighted by atomic mass is 9.94. The zero-order valence-corrected chi connectivity index (χ0v) is 15.5. The van der Waals surface area contributed by atoms with Gasteiger partial charge < -0.3 is 4.90 Å². The highest BCUT2D eigenvalue weighted by Crippen LogP contribution is 2.30. The van der Waals surface area contributed by atoms with Crippen LogP contribution >= 0.6 is 23.2 Å². The molecule has 1 saturated heterocycles. The molecule has 2 aromatic rings. The van der Waals surface area contributed by atoms with Gasteiger partial charge in [0.1, 0.15) is 5.02 Å². The van der Waals surface area contributed by atoms with Gasteiger partial charge in [0.15, 0.2) is 0 Å². The molecule has 0 saturated carbocycles. The quantitative estimate of drug-likeness (QED) is 0.524. The molecule has 0 bridgehead atoms. The van der Waals surface area contributed by atoms with Crippen LogP contribution in [0.25, 0.3) is 0 Å². The third kappa shape index (κ3) is 4.17. The van der Waals surface area contributed by atoms with Crippen molar-refractivity contribution in [3.05, 3.63) is 73.8 Å². The van der Waals surface area contributed by atoms with Gasteiger partial charge in [0, 0.05) is 35.7 Å². The number of amides is 1. The van der Waals surface area contributed by atoms with Crippen molar-refractivity contribution < 1.29 is 9.72 Å². The fourth-order valence-electron chi connectivity index (χ4n) is 3.30. The second kappa shape index (κ2) is 8.06. The number of nitrogens with zero attached hydrogens (tertiary/aromatic N) is 2. The molecule has 0 aromatic heterocycles. The van der Waals surface area contributed by atoms with E-state index in [1.807, 2.05) is 24.3 Å². The van der Waals surface area contributed by atoms with E-state index < -0.39 is 4.92 Å². The van der Waals surface area contributed by atoms with Gasteiger partial charge in [-0.1, -0.05) is 41.8 Å². The first kappa shape index (κ1) is 18.7. The predicted molar refractivity (Wildman–Crippen MR) is 102 cm³/mol. The first-order chi connectivity index (χ1) is 12.5. The molecule has 1 aliphatic heterocycles. The Kier molecular flexibility index (Phi) is 5.79. The van der Waals surface area contributed by atoms with E-state index >= 15 is 0 Å². The number of halogens is 2. The Balaban J connectivity index is 1.83. The molecular formula is C19H18Cl2N2O3. The summed E-state index contributed by atoms with van der Waals surface area (Å²) in [5.41, 5.74) is 1.19. The minimum absolute atomic E-state index is 0.0291. The lowest BCUT2D eigenvalue weighted by Gasteiger charge is -2.25. The van der Waals surface area contributed by atoms with E-state index in [-0.39, 0.29) is 28.1 Å². The molecule has 0 N–H and O–H groups in total. The van der Waals surface area contributed by atoms with Crippen LogP contribution in [-0.4, -0.2) is 28.8 Å². The molecule has 26 heavy (non-hydrogen) atoms. The lowest BCUT2D eigenvalue weighted by molar-refractivity contribution is -0.384. The number of nitro groups is 1. The summed E-state index contributed by atoms with van der Waals surface area (Å²) in [4.78, 5) is 25.2. The lowest BCUT2D eigenvalue weighted by Crippen LogP contribution is -2.34. The SMILES string of the molecule is O=C(c1ccc(Cl)c([N+](=O)[O-])c1)N1CCCCC(c2ccc(Cl)cc2)C1. The van der Waals surface area contributed by atoms with Gasteiger partial charge in [0.05, 0.1) is 4.92 Å². The molecular weight excluding hydrogens is 375 g/mol. The van der Waals surface area contributed by atoms with Crippen molar-refractivity contribution in [2.24, 2.45) is 0 Å². The summed E-state index contributed by atoms with van der Waals surface area (Å²) < 4.78 is 0. The van der Waals surface area contributed by atoms with Gasteiger partial charge in [0.25, 0.3) is 11.6 Å². The first-order valence-electron chi connectivity index (χ1n) is 8.44. The number of carbonyl (C=O) groups is 1. The summed E-state index contributed by atoms with van der Waals surface area (Å²) in [7, 11) is 0. The number of hydrogen-bond acceptors (Lipinski definition) is 3. The summed E-state index contributed by atoms with van der Waals surface area (Å²) in [6.07, 6.45) is 2.93. The Morgan fingerprint density at radius 3 is 2.54 bits per heavy atom. The van der Waals surface area contributed by atoms with Crippen LogP contribution < -0.4 is 0 Å². The number of rotatable bonds is 3. The highest BCUT2D eigenvalue weighted by molar-refractivity contribution is 6.32. The molecule has 7 heteroatoms. The Bertz CT molecular complexity index is 824. The second-order valence-electron chi connectivity index (χ2n) is 6.42. The Labute approximate surface area is 161 Å². The molecule has 1 atom stereocenters. The molecule has 1 heterocycles. The zero-order valence-electron chi connectivity index (χ0n) is 14.0. The summed E-state index contributed by atoms with van der Waals surface area (Å²) in [6, 6.07) is 11.9. The van der Waals surface area contributed by atoms with Crippen LogP contribution in [-0.2, 0) is 0 Å². The predicted octanol–water partition coefficient (Wildman–Crippen LogP) is 5.31. The molecule has 3 rings (SSSR count). The van der Waals surface area contributed by atoms with E-state index in [1.165, 1.54) is 12.1 Å². The maximum Gasteiger partial charge on any atom is 0.288 e. The third-order valence-electron chi connectivity index (χ3n) is 4.69. The van der Waals surface area contributed by atoms with E-state index in [1.54, 1.807) is 11.0 Å². The maximum absolute atomic E-state index is 12.9.